The molecule has 1 aromatic heterocycles. The number of halogens is 1. The molecule has 0 atom stereocenters. The van der Waals surface area contributed by atoms with Crippen LogP contribution in [0.4, 0.5) is 0 Å². The van der Waals surface area contributed by atoms with E-state index in [0.29, 0.717) is 31.3 Å². The van der Waals surface area contributed by atoms with Gasteiger partial charge in [0.1, 0.15) is 15.8 Å². The van der Waals surface area contributed by atoms with Crippen molar-refractivity contribution in [3.05, 3.63) is 51.6 Å². The Bertz CT molecular complexity index is 872. The third kappa shape index (κ3) is 3.31. The van der Waals surface area contributed by atoms with E-state index >= 15 is 0 Å². The van der Waals surface area contributed by atoms with Crippen LogP contribution in [0.5, 0.6) is 0 Å². The maximum absolute atomic E-state index is 11.6. The summed E-state index contributed by atoms with van der Waals surface area (Å²) >= 11 is 12.1. The predicted octanol–water partition coefficient (Wildman–Crippen LogP) is 2.45. The number of carboxylic acid groups (broad SMARTS) is 1. The van der Waals surface area contributed by atoms with E-state index in [0.717, 1.165) is 11.8 Å². The summed E-state index contributed by atoms with van der Waals surface area (Å²) in [7, 11) is 0. The van der Waals surface area contributed by atoms with Gasteiger partial charge >= 0.3 is 0 Å². The quantitative estimate of drug-likeness (QED) is 0.665. The van der Waals surface area contributed by atoms with Crippen molar-refractivity contribution in [1.29, 1.82) is 0 Å². The summed E-state index contributed by atoms with van der Waals surface area (Å²) in [5.74, 6) is -0.771. The van der Waals surface area contributed by atoms with E-state index in [1.807, 2.05) is 0 Å². The molecule has 3 rings (SSSR count). The summed E-state index contributed by atoms with van der Waals surface area (Å²) in [6.07, 6.45) is 1.55. The Balaban J connectivity index is 1.95. The molecule has 116 valence electrons. The smallest absolute Gasteiger partial charge is 0.263 e. The first-order valence-electron chi connectivity index (χ1n) is 6.30. The number of carbonyl (C=O) groups is 2. The molecule has 2 aromatic rings. The maximum atomic E-state index is 11.6. The molecular weight excluding hydrogens is 358 g/mol. The molecular formula is C15H7ClNO4S2-. The first-order chi connectivity index (χ1) is 10.9. The molecule has 1 aromatic carbocycles. The van der Waals surface area contributed by atoms with Gasteiger partial charge in [0.25, 0.3) is 5.91 Å². The fraction of sp³-hybridized carbons (Fsp3) is 0. The van der Waals surface area contributed by atoms with Gasteiger partial charge in [0.2, 0.25) is 0 Å². The molecule has 8 heteroatoms. The minimum absolute atomic E-state index is 0.00298. The van der Waals surface area contributed by atoms with Crippen LogP contribution in [-0.4, -0.2) is 16.2 Å². The highest BCUT2D eigenvalue weighted by Crippen LogP contribution is 2.32. The fourth-order valence-corrected chi connectivity index (χ4v) is 3.20. The van der Waals surface area contributed by atoms with Crippen molar-refractivity contribution < 1.29 is 19.1 Å². The van der Waals surface area contributed by atoms with Crippen molar-refractivity contribution >= 4 is 57.9 Å². The summed E-state index contributed by atoms with van der Waals surface area (Å²) in [4.78, 5) is 23.0. The maximum Gasteiger partial charge on any atom is 0.263 e. The normalized spacial score (nSPS) is 16.0. The van der Waals surface area contributed by atoms with Crippen LogP contribution in [0.2, 0.25) is 5.02 Å². The highest BCUT2D eigenvalue weighted by Gasteiger charge is 2.22. The summed E-state index contributed by atoms with van der Waals surface area (Å²) < 4.78 is 6.01. The van der Waals surface area contributed by atoms with Crippen molar-refractivity contribution in [1.82, 2.24) is 5.32 Å². The van der Waals surface area contributed by atoms with E-state index < -0.39 is 5.97 Å². The monoisotopic (exact) mass is 364 g/mol. The molecule has 2 heterocycles. The molecule has 5 nitrogen and oxygen atoms in total. The fourth-order valence-electron chi connectivity index (χ4n) is 1.97. The number of hydrogen-bond donors (Lipinski definition) is 1. The number of amides is 1. The van der Waals surface area contributed by atoms with Crippen LogP contribution in [0, 0.1) is 0 Å². The van der Waals surface area contributed by atoms with Gasteiger partial charge in [0.05, 0.1) is 15.9 Å². The number of aromatic carboxylic acids is 1. The average molecular weight is 365 g/mol. The second kappa shape index (κ2) is 6.19. The zero-order valence-electron chi connectivity index (χ0n) is 11.3. The molecule has 1 aliphatic rings. The van der Waals surface area contributed by atoms with Gasteiger partial charge < -0.3 is 19.6 Å². The summed E-state index contributed by atoms with van der Waals surface area (Å²) in [5, 5.41) is 13.8. The van der Waals surface area contributed by atoms with Crippen molar-refractivity contribution in [3.63, 3.8) is 0 Å². The highest BCUT2D eigenvalue weighted by molar-refractivity contribution is 8.26. The first-order valence-corrected chi connectivity index (χ1v) is 7.90. The first kappa shape index (κ1) is 15.8. The number of benzene rings is 1. The second-order valence-electron chi connectivity index (χ2n) is 4.54. The van der Waals surface area contributed by atoms with E-state index in [1.54, 1.807) is 18.2 Å². The number of thiocarbonyl (C=S) groups is 1. The van der Waals surface area contributed by atoms with Gasteiger partial charge in [-0.2, -0.15) is 0 Å². The van der Waals surface area contributed by atoms with Crippen molar-refractivity contribution in [2.45, 2.75) is 0 Å². The van der Waals surface area contributed by atoms with E-state index in [4.69, 9.17) is 28.2 Å². The van der Waals surface area contributed by atoms with Gasteiger partial charge in [-0.1, -0.05) is 41.6 Å². The number of carboxylic acids is 1. The number of carbonyl (C=O) groups excluding carboxylic acids is 2. The Labute approximate surface area is 145 Å². The lowest BCUT2D eigenvalue weighted by molar-refractivity contribution is -0.255. The van der Waals surface area contributed by atoms with Gasteiger partial charge in [-0.05, 0) is 29.8 Å². The van der Waals surface area contributed by atoms with Crippen LogP contribution in [-0.2, 0) is 4.79 Å². The zero-order valence-corrected chi connectivity index (χ0v) is 13.7. The Morgan fingerprint density at radius 1 is 1.35 bits per heavy atom. The minimum Gasteiger partial charge on any atom is -0.545 e. The van der Waals surface area contributed by atoms with Crippen LogP contribution in [0.1, 0.15) is 16.1 Å². The molecule has 0 bridgehead atoms. The lowest BCUT2D eigenvalue weighted by atomic mass is 10.1. The van der Waals surface area contributed by atoms with Gasteiger partial charge in [-0.3, -0.25) is 4.79 Å². The standard InChI is InChI=1S/C15H8ClNO4S2/c16-10-3-1-7(14(19)20)5-9(10)11-4-2-8(21-11)6-12-13(18)17-15(22)23-12/h1-6H,(H,19,20)(H,17,18,22)/p-1/b12-6+. The van der Waals surface area contributed by atoms with Crippen LogP contribution >= 0.6 is 35.6 Å². The van der Waals surface area contributed by atoms with Crippen LogP contribution < -0.4 is 10.4 Å². The molecule has 1 aliphatic heterocycles. The van der Waals surface area contributed by atoms with Crippen molar-refractivity contribution in [3.8, 4) is 11.3 Å². The van der Waals surface area contributed by atoms with Crippen LogP contribution in [0.15, 0.2) is 39.7 Å². The number of rotatable bonds is 3. The van der Waals surface area contributed by atoms with Gasteiger partial charge in [0.15, 0.2) is 0 Å². The molecule has 0 radical (unpaired) electrons. The Hall–Kier alpha value is -2.09. The molecule has 0 spiro atoms. The molecule has 0 aliphatic carbocycles. The second-order valence-corrected chi connectivity index (χ2v) is 6.66. The Morgan fingerprint density at radius 3 is 2.78 bits per heavy atom. The summed E-state index contributed by atoms with van der Waals surface area (Å²) in [6, 6.07) is 7.48. The molecule has 0 saturated carbocycles. The molecule has 0 unspecified atom stereocenters. The number of furan rings is 1. The van der Waals surface area contributed by atoms with Crippen molar-refractivity contribution in [2.75, 3.05) is 0 Å². The Morgan fingerprint density at radius 2 is 2.13 bits per heavy atom. The largest absolute Gasteiger partial charge is 0.545 e. The third-order valence-electron chi connectivity index (χ3n) is 3.01. The lowest BCUT2D eigenvalue weighted by Gasteiger charge is -2.06. The molecule has 23 heavy (non-hydrogen) atoms. The summed E-state index contributed by atoms with van der Waals surface area (Å²) in [6.45, 7) is 0. The van der Waals surface area contributed by atoms with E-state index in [9.17, 15) is 14.7 Å². The highest BCUT2D eigenvalue weighted by atomic mass is 35.5. The van der Waals surface area contributed by atoms with Gasteiger partial charge in [0, 0.05) is 11.6 Å². The van der Waals surface area contributed by atoms with E-state index in [-0.39, 0.29) is 11.5 Å². The van der Waals surface area contributed by atoms with Gasteiger partial charge in [-0.25, -0.2) is 0 Å². The number of thioether (sulfide) groups is 1. The van der Waals surface area contributed by atoms with Gasteiger partial charge in [-0.15, -0.1) is 0 Å². The molecule has 1 saturated heterocycles. The molecule has 1 fully saturated rings. The molecule has 1 amide bonds. The zero-order chi connectivity index (χ0) is 16.6. The topological polar surface area (TPSA) is 82.4 Å². The van der Waals surface area contributed by atoms with Crippen molar-refractivity contribution in [2.24, 2.45) is 0 Å². The van der Waals surface area contributed by atoms with Crippen LogP contribution in [0.25, 0.3) is 17.4 Å². The number of hydrogen-bond acceptors (Lipinski definition) is 6. The SMILES string of the molecule is O=C1NC(=S)S/C1=C/c1ccc(-c2cc(C(=O)[O-])ccc2Cl)o1. The third-order valence-corrected chi connectivity index (χ3v) is 4.50. The summed E-state index contributed by atoms with van der Waals surface area (Å²) in [5.41, 5.74) is 0.425. The Kier molecular flexibility index (Phi) is 4.25. The van der Waals surface area contributed by atoms with E-state index in [2.05, 4.69) is 5.32 Å². The lowest BCUT2D eigenvalue weighted by Crippen LogP contribution is -2.22. The minimum atomic E-state index is -1.30. The molecule has 1 N–H and O–H groups in total. The van der Waals surface area contributed by atoms with Crippen LogP contribution in [0.3, 0.4) is 0 Å². The van der Waals surface area contributed by atoms with E-state index in [1.165, 1.54) is 18.2 Å². The number of nitrogens with one attached hydrogen (secondary N) is 1. The predicted molar refractivity (Wildman–Crippen MR) is 89.8 cm³/mol. The average Bonchev–Trinajstić information content (AvgIpc) is 3.06.